The van der Waals surface area contributed by atoms with Crippen molar-refractivity contribution in [1.82, 2.24) is 0 Å². The second-order valence-electron chi connectivity index (χ2n) is 6.16. The van der Waals surface area contributed by atoms with Gasteiger partial charge in [-0.3, -0.25) is 4.72 Å². The van der Waals surface area contributed by atoms with Crippen LogP contribution in [0.15, 0.2) is 42.5 Å². The van der Waals surface area contributed by atoms with Crippen LogP contribution in [-0.4, -0.2) is 20.7 Å². The first-order valence-corrected chi connectivity index (χ1v) is 9.97. The quantitative estimate of drug-likeness (QED) is 0.763. The van der Waals surface area contributed by atoms with Gasteiger partial charge in [-0.15, -0.1) is 0 Å². The molecule has 1 heterocycles. The van der Waals surface area contributed by atoms with Crippen LogP contribution < -0.4 is 15.4 Å². The zero-order valence-electron chi connectivity index (χ0n) is 13.5. The van der Waals surface area contributed by atoms with Crippen LogP contribution in [0.3, 0.4) is 0 Å². The van der Waals surface area contributed by atoms with Crippen molar-refractivity contribution in [3.63, 3.8) is 0 Å². The zero-order chi connectivity index (χ0) is 17.3. The van der Waals surface area contributed by atoms with Gasteiger partial charge in [-0.05, 0) is 61.4 Å². The minimum atomic E-state index is -3.30. The molecule has 5 nitrogen and oxygen atoms in total. The highest BCUT2D eigenvalue weighted by Gasteiger charge is 2.24. The van der Waals surface area contributed by atoms with Crippen molar-refractivity contribution < 1.29 is 8.42 Å². The molecule has 0 aliphatic carbocycles. The molecule has 0 spiro atoms. The molecule has 0 bridgehead atoms. The topological polar surface area (TPSA) is 70.2 Å². The lowest BCUT2D eigenvalue weighted by Gasteiger charge is -2.33. The minimum Gasteiger partial charge on any atom is -0.382 e. The van der Waals surface area contributed by atoms with Gasteiger partial charge in [0, 0.05) is 28.1 Å². The Morgan fingerprint density at radius 3 is 2.46 bits per heavy atom. The Bertz CT molecular complexity index is 837. The summed E-state index contributed by atoms with van der Waals surface area (Å²) in [5.41, 5.74) is 3.59. The molecule has 2 atom stereocenters. The van der Waals surface area contributed by atoms with Crippen LogP contribution in [0, 0.1) is 0 Å². The van der Waals surface area contributed by atoms with Crippen LogP contribution >= 0.6 is 11.6 Å². The third-order valence-electron chi connectivity index (χ3n) is 3.91. The van der Waals surface area contributed by atoms with Gasteiger partial charge in [0.2, 0.25) is 10.0 Å². The van der Waals surface area contributed by atoms with Crippen molar-refractivity contribution in [1.29, 1.82) is 0 Å². The standard InChI is InChI=1S/C17H20ClN3O2S/c1-11-9-17(20-13-5-3-12(18)4-6-13)15-10-14(21-24(2,22)23)7-8-16(15)19-11/h3-8,10-11,17,19-21H,9H2,1-2H3. The number of sulfonamides is 1. The molecule has 24 heavy (non-hydrogen) atoms. The molecule has 0 fully saturated rings. The summed E-state index contributed by atoms with van der Waals surface area (Å²) in [4.78, 5) is 0. The average molecular weight is 366 g/mol. The van der Waals surface area contributed by atoms with Crippen molar-refractivity contribution in [3.05, 3.63) is 53.1 Å². The molecule has 0 saturated heterocycles. The van der Waals surface area contributed by atoms with E-state index in [1.807, 2.05) is 36.4 Å². The third kappa shape index (κ3) is 4.13. The fraction of sp³-hybridized carbons (Fsp3) is 0.294. The van der Waals surface area contributed by atoms with Crippen molar-refractivity contribution in [2.24, 2.45) is 0 Å². The van der Waals surface area contributed by atoms with E-state index in [0.29, 0.717) is 16.8 Å². The molecule has 7 heteroatoms. The van der Waals surface area contributed by atoms with E-state index in [2.05, 4.69) is 22.3 Å². The van der Waals surface area contributed by atoms with E-state index in [1.54, 1.807) is 6.07 Å². The van der Waals surface area contributed by atoms with E-state index in [9.17, 15) is 8.42 Å². The second kappa shape index (κ2) is 6.53. The molecule has 0 saturated carbocycles. The Hall–Kier alpha value is -1.92. The van der Waals surface area contributed by atoms with E-state index in [0.717, 1.165) is 29.6 Å². The first-order chi connectivity index (χ1) is 11.3. The van der Waals surface area contributed by atoms with Crippen molar-refractivity contribution in [2.75, 3.05) is 21.6 Å². The van der Waals surface area contributed by atoms with E-state index in [4.69, 9.17) is 11.6 Å². The van der Waals surface area contributed by atoms with Crippen molar-refractivity contribution in [2.45, 2.75) is 25.4 Å². The van der Waals surface area contributed by atoms with E-state index in [1.165, 1.54) is 0 Å². The monoisotopic (exact) mass is 365 g/mol. The van der Waals surface area contributed by atoms with Gasteiger partial charge in [0.25, 0.3) is 0 Å². The average Bonchev–Trinajstić information content (AvgIpc) is 2.48. The molecule has 2 unspecified atom stereocenters. The number of anilines is 3. The van der Waals surface area contributed by atoms with Gasteiger partial charge in [0.15, 0.2) is 0 Å². The maximum Gasteiger partial charge on any atom is 0.229 e. The molecule has 0 aromatic heterocycles. The minimum absolute atomic E-state index is 0.0822. The number of hydrogen-bond acceptors (Lipinski definition) is 4. The highest BCUT2D eigenvalue weighted by molar-refractivity contribution is 7.92. The normalized spacial score (nSPS) is 20.0. The van der Waals surface area contributed by atoms with Gasteiger partial charge in [-0.25, -0.2) is 8.42 Å². The van der Waals surface area contributed by atoms with Crippen LogP contribution in [-0.2, 0) is 10.0 Å². The van der Waals surface area contributed by atoms with Gasteiger partial charge in [-0.1, -0.05) is 11.6 Å². The molecule has 2 aromatic carbocycles. The fourth-order valence-corrected chi connectivity index (χ4v) is 3.63. The van der Waals surface area contributed by atoms with E-state index < -0.39 is 10.0 Å². The molecule has 1 aliphatic heterocycles. The lowest BCUT2D eigenvalue weighted by Crippen LogP contribution is -2.29. The first-order valence-electron chi connectivity index (χ1n) is 7.70. The molecule has 0 radical (unpaired) electrons. The molecular formula is C17H20ClN3O2S. The third-order valence-corrected chi connectivity index (χ3v) is 4.76. The van der Waals surface area contributed by atoms with Crippen molar-refractivity contribution >= 4 is 38.7 Å². The van der Waals surface area contributed by atoms with E-state index >= 15 is 0 Å². The largest absolute Gasteiger partial charge is 0.382 e. The summed E-state index contributed by atoms with van der Waals surface area (Å²) in [5, 5.41) is 7.64. The fourth-order valence-electron chi connectivity index (χ4n) is 2.95. The Labute approximate surface area is 147 Å². The lowest BCUT2D eigenvalue weighted by atomic mass is 9.93. The number of rotatable bonds is 4. The zero-order valence-corrected chi connectivity index (χ0v) is 15.1. The van der Waals surface area contributed by atoms with Gasteiger partial charge < -0.3 is 10.6 Å². The molecule has 3 N–H and O–H groups in total. The molecular weight excluding hydrogens is 346 g/mol. The van der Waals surface area contributed by atoms with Crippen LogP contribution in [0.4, 0.5) is 17.1 Å². The summed E-state index contributed by atoms with van der Waals surface area (Å²) in [6, 6.07) is 13.5. The summed E-state index contributed by atoms with van der Waals surface area (Å²) >= 11 is 5.94. The summed E-state index contributed by atoms with van der Waals surface area (Å²) in [7, 11) is -3.30. The van der Waals surface area contributed by atoms with E-state index in [-0.39, 0.29) is 6.04 Å². The number of fused-ring (bicyclic) bond motifs is 1. The first kappa shape index (κ1) is 16.9. The predicted octanol–water partition coefficient (Wildman–Crippen LogP) is 4.07. The van der Waals surface area contributed by atoms with Crippen molar-refractivity contribution in [3.8, 4) is 0 Å². The number of benzene rings is 2. The highest BCUT2D eigenvalue weighted by atomic mass is 35.5. The Kier molecular flexibility index (Phi) is 4.60. The summed E-state index contributed by atoms with van der Waals surface area (Å²) in [6.07, 6.45) is 2.04. The molecule has 2 aromatic rings. The second-order valence-corrected chi connectivity index (χ2v) is 8.35. The predicted molar refractivity (Wildman–Crippen MR) is 100 cm³/mol. The van der Waals surface area contributed by atoms with Gasteiger partial charge in [0.05, 0.1) is 12.3 Å². The molecule has 3 rings (SSSR count). The van der Waals surface area contributed by atoms with Crippen LogP contribution in [0.25, 0.3) is 0 Å². The van der Waals surface area contributed by atoms with Gasteiger partial charge in [0.1, 0.15) is 0 Å². The van der Waals surface area contributed by atoms with Crippen LogP contribution in [0.2, 0.25) is 5.02 Å². The Morgan fingerprint density at radius 1 is 1.12 bits per heavy atom. The Morgan fingerprint density at radius 2 is 1.79 bits per heavy atom. The lowest BCUT2D eigenvalue weighted by molar-refractivity contribution is 0.599. The van der Waals surface area contributed by atoms with Crippen LogP contribution in [0.5, 0.6) is 0 Å². The van der Waals surface area contributed by atoms with Gasteiger partial charge in [-0.2, -0.15) is 0 Å². The number of halogens is 1. The molecule has 128 valence electrons. The highest BCUT2D eigenvalue weighted by Crippen LogP contribution is 2.36. The van der Waals surface area contributed by atoms with Gasteiger partial charge >= 0.3 is 0 Å². The Balaban J connectivity index is 1.91. The summed E-state index contributed by atoms with van der Waals surface area (Å²) in [6.45, 7) is 2.13. The number of nitrogens with one attached hydrogen (secondary N) is 3. The summed E-state index contributed by atoms with van der Waals surface area (Å²) < 4.78 is 25.5. The van der Waals surface area contributed by atoms with Crippen LogP contribution in [0.1, 0.15) is 24.9 Å². The summed E-state index contributed by atoms with van der Waals surface area (Å²) in [5.74, 6) is 0. The molecule has 1 aliphatic rings. The SMILES string of the molecule is CC1CC(Nc2ccc(Cl)cc2)c2cc(NS(C)(=O)=O)ccc2N1. The maximum atomic E-state index is 11.5. The molecule has 0 amide bonds. The maximum absolute atomic E-state index is 11.5. The number of hydrogen-bond donors (Lipinski definition) is 3. The smallest absolute Gasteiger partial charge is 0.229 e.